The Bertz CT molecular complexity index is 683. The molecule has 0 unspecified atom stereocenters. The zero-order chi connectivity index (χ0) is 15.5. The topological polar surface area (TPSA) is 50.2 Å². The predicted molar refractivity (Wildman–Crippen MR) is 85.9 cm³/mol. The number of fused-ring (bicyclic) bond motifs is 1. The van der Waals surface area contributed by atoms with Crippen LogP contribution in [0, 0.1) is 0 Å². The minimum Gasteiger partial charge on any atom is -0.338 e. The third-order valence-electron chi connectivity index (χ3n) is 4.05. The lowest BCUT2D eigenvalue weighted by Gasteiger charge is -2.29. The van der Waals surface area contributed by atoms with E-state index in [4.69, 9.17) is 11.6 Å². The highest BCUT2D eigenvalue weighted by Crippen LogP contribution is 2.22. The number of hydrogen-bond donors (Lipinski definition) is 1. The Morgan fingerprint density at radius 3 is 3.00 bits per heavy atom. The summed E-state index contributed by atoms with van der Waals surface area (Å²) in [7, 11) is 1.91. The first-order valence-electron chi connectivity index (χ1n) is 7.40. The Balaban J connectivity index is 1.53. The number of hydrogen-bond acceptors (Lipinski definition) is 2. The van der Waals surface area contributed by atoms with Gasteiger partial charge in [-0.3, -0.25) is 4.68 Å². The van der Waals surface area contributed by atoms with Crippen molar-refractivity contribution >= 4 is 17.6 Å². The number of carbonyl (C=O) groups is 1. The molecule has 2 heterocycles. The first-order chi connectivity index (χ1) is 10.6. The molecule has 2 amide bonds. The molecule has 0 fully saturated rings. The molecule has 3 rings (SSSR count). The van der Waals surface area contributed by atoms with Crippen molar-refractivity contribution in [2.45, 2.75) is 19.4 Å². The number of urea groups is 1. The van der Waals surface area contributed by atoms with Crippen LogP contribution in [0.15, 0.2) is 30.5 Å². The number of carbonyl (C=O) groups excluding carboxylic acids is 1. The van der Waals surface area contributed by atoms with Gasteiger partial charge in [0.05, 0.1) is 0 Å². The number of nitrogens with zero attached hydrogens (tertiary/aromatic N) is 3. The van der Waals surface area contributed by atoms with Gasteiger partial charge < -0.3 is 10.2 Å². The van der Waals surface area contributed by atoms with Gasteiger partial charge in [0.1, 0.15) is 0 Å². The zero-order valence-corrected chi connectivity index (χ0v) is 13.3. The number of benzene rings is 1. The molecule has 5 nitrogen and oxygen atoms in total. The largest absolute Gasteiger partial charge is 0.338 e. The molecular formula is C16H19ClN4O. The quantitative estimate of drug-likeness (QED) is 0.944. The molecule has 0 spiro atoms. The Hall–Kier alpha value is -2.01. The molecule has 1 aromatic carbocycles. The summed E-state index contributed by atoms with van der Waals surface area (Å²) in [5, 5.41) is 7.86. The third kappa shape index (κ3) is 3.25. The van der Waals surface area contributed by atoms with E-state index in [1.807, 2.05) is 40.9 Å². The first-order valence-corrected chi connectivity index (χ1v) is 7.78. The molecule has 0 saturated heterocycles. The summed E-state index contributed by atoms with van der Waals surface area (Å²) >= 11 is 6.01. The van der Waals surface area contributed by atoms with Crippen molar-refractivity contribution in [1.82, 2.24) is 20.0 Å². The number of halogens is 1. The second-order valence-electron chi connectivity index (χ2n) is 5.51. The van der Waals surface area contributed by atoms with Crippen LogP contribution < -0.4 is 5.32 Å². The second-order valence-corrected chi connectivity index (χ2v) is 5.95. The number of aromatic nitrogens is 2. The molecule has 0 radical (unpaired) electrons. The molecule has 116 valence electrons. The van der Waals surface area contributed by atoms with Gasteiger partial charge in [-0.05, 0) is 35.7 Å². The van der Waals surface area contributed by atoms with Crippen molar-refractivity contribution in [2.75, 3.05) is 13.1 Å². The van der Waals surface area contributed by atoms with Crippen molar-refractivity contribution in [3.8, 4) is 0 Å². The van der Waals surface area contributed by atoms with E-state index in [-0.39, 0.29) is 6.03 Å². The lowest BCUT2D eigenvalue weighted by Crippen LogP contribution is -2.43. The van der Waals surface area contributed by atoms with Gasteiger partial charge in [0, 0.05) is 50.0 Å². The summed E-state index contributed by atoms with van der Waals surface area (Å²) in [6.45, 7) is 1.98. The molecule has 1 aliphatic heterocycles. The average Bonchev–Trinajstić information content (AvgIpc) is 2.92. The van der Waals surface area contributed by atoms with Gasteiger partial charge in [-0.25, -0.2) is 4.79 Å². The van der Waals surface area contributed by atoms with Crippen LogP contribution in [-0.4, -0.2) is 33.8 Å². The highest BCUT2D eigenvalue weighted by atomic mass is 35.5. The van der Waals surface area contributed by atoms with Gasteiger partial charge >= 0.3 is 6.03 Å². The Labute approximate surface area is 134 Å². The number of aryl methyl sites for hydroxylation is 1. The molecule has 6 heteroatoms. The minimum atomic E-state index is -0.0113. The molecule has 0 saturated carbocycles. The van der Waals surface area contributed by atoms with E-state index in [0.717, 1.165) is 30.1 Å². The summed E-state index contributed by atoms with van der Waals surface area (Å²) in [5.74, 6) is 0. The molecule has 1 aliphatic rings. The molecule has 0 bridgehead atoms. The van der Waals surface area contributed by atoms with Crippen molar-refractivity contribution in [1.29, 1.82) is 0 Å². The van der Waals surface area contributed by atoms with E-state index in [9.17, 15) is 4.79 Å². The lowest BCUT2D eigenvalue weighted by atomic mass is 10.0. The molecule has 0 aliphatic carbocycles. The van der Waals surface area contributed by atoms with Gasteiger partial charge in [-0.15, -0.1) is 0 Å². The Kier molecular flexibility index (Phi) is 4.34. The summed E-state index contributed by atoms with van der Waals surface area (Å²) in [6.07, 6.45) is 3.40. The van der Waals surface area contributed by atoms with E-state index in [1.165, 1.54) is 11.1 Å². The van der Waals surface area contributed by atoms with Gasteiger partial charge in [0.2, 0.25) is 0 Å². The number of nitrogens with one attached hydrogen (secondary N) is 1. The standard InChI is InChI=1S/C16H19ClN4O/c1-20-15(5-8-19-20)4-7-18-16(22)21-9-6-12-10-14(17)3-2-13(12)11-21/h2-3,5,8,10H,4,6-7,9,11H2,1H3,(H,18,22). The average molecular weight is 319 g/mol. The summed E-state index contributed by atoms with van der Waals surface area (Å²) in [6, 6.07) is 7.83. The van der Waals surface area contributed by atoms with Crippen molar-refractivity contribution < 1.29 is 4.79 Å². The van der Waals surface area contributed by atoms with E-state index >= 15 is 0 Å². The molecule has 0 atom stereocenters. The highest BCUT2D eigenvalue weighted by Gasteiger charge is 2.20. The summed E-state index contributed by atoms with van der Waals surface area (Å²) in [4.78, 5) is 14.1. The highest BCUT2D eigenvalue weighted by molar-refractivity contribution is 6.30. The molecule has 1 N–H and O–H groups in total. The van der Waals surface area contributed by atoms with Crippen LogP contribution in [-0.2, 0) is 26.4 Å². The Morgan fingerprint density at radius 2 is 2.23 bits per heavy atom. The predicted octanol–water partition coefficient (Wildman–Crippen LogP) is 2.38. The second kappa shape index (κ2) is 6.40. The van der Waals surface area contributed by atoms with E-state index in [2.05, 4.69) is 10.4 Å². The summed E-state index contributed by atoms with van der Waals surface area (Å²) in [5.41, 5.74) is 3.53. The summed E-state index contributed by atoms with van der Waals surface area (Å²) < 4.78 is 1.83. The zero-order valence-electron chi connectivity index (χ0n) is 12.6. The number of rotatable bonds is 3. The monoisotopic (exact) mass is 318 g/mol. The van der Waals surface area contributed by atoms with Crippen molar-refractivity contribution in [2.24, 2.45) is 7.05 Å². The van der Waals surface area contributed by atoms with Crippen LogP contribution in [0.25, 0.3) is 0 Å². The maximum atomic E-state index is 12.3. The van der Waals surface area contributed by atoms with Gasteiger partial charge in [-0.1, -0.05) is 17.7 Å². The maximum absolute atomic E-state index is 12.3. The smallest absolute Gasteiger partial charge is 0.317 e. The van der Waals surface area contributed by atoms with Crippen LogP contribution in [0.5, 0.6) is 0 Å². The molecule has 2 aromatic rings. The van der Waals surface area contributed by atoms with Crippen LogP contribution >= 0.6 is 11.6 Å². The fourth-order valence-electron chi connectivity index (χ4n) is 2.75. The van der Waals surface area contributed by atoms with Gasteiger partial charge in [0.15, 0.2) is 0 Å². The van der Waals surface area contributed by atoms with Gasteiger partial charge in [-0.2, -0.15) is 5.10 Å². The molecule has 1 aromatic heterocycles. The van der Waals surface area contributed by atoms with Crippen molar-refractivity contribution in [3.63, 3.8) is 0 Å². The van der Waals surface area contributed by atoms with Crippen LogP contribution in [0.4, 0.5) is 4.79 Å². The van der Waals surface area contributed by atoms with Crippen LogP contribution in [0.3, 0.4) is 0 Å². The fraction of sp³-hybridized carbons (Fsp3) is 0.375. The van der Waals surface area contributed by atoms with Crippen LogP contribution in [0.1, 0.15) is 16.8 Å². The van der Waals surface area contributed by atoms with E-state index in [0.29, 0.717) is 13.1 Å². The molecule has 22 heavy (non-hydrogen) atoms. The fourth-order valence-corrected chi connectivity index (χ4v) is 2.95. The van der Waals surface area contributed by atoms with Crippen molar-refractivity contribution in [3.05, 3.63) is 52.3 Å². The number of amides is 2. The minimum absolute atomic E-state index is 0.0113. The lowest BCUT2D eigenvalue weighted by molar-refractivity contribution is 0.192. The molecular weight excluding hydrogens is 300 g/mol. The normalized spacial score (nSPS) is 13.8. The van der Waals surface area contributed by atoms with E-state index < -0.39 is 0 Å². The first kappa shape index (κ1) is 14.9. The van der Waals surface area contributed by atoms with Crippen LogP contribution in [0.2, 0.25) is 5.02 Å². The maximum Gasteiger partial charge on any atom is 0.317 e. The Morgan fingerprint density at radius 1 is 1.36 bits per heavy atom. The van der Waals surface area contributed by atoms with E-state index in [1.54, 1.807) is 6.20 Å². The van der Waals surface area contributed by atoms with Gasteiger partial charge in [0.25, 0.3) is 0 Å². The third-order valence-corrected chi connectivity index (χ3v) is 4.28. The SMILES string of the molecule is Cn1nccc1CCNC(=O)N1CCc2cc(Cl)ccc2C1.